The Balaban J connectivity index is 0.874. The minimum absolute atomic E-state index is 0.00836. The number of nitrogens with one attached hydrogen (secondary N) is 1. The van der Waals surface area contributed by atoms with Crippen LogP contribution in [-0.4, -0.2) is 161 Å². The molecule has 0 saturated carbocycles. The van der Waals surface area contributed by atoms with Gasteiger partial charge in [0.2, 0.25) is 11.6 Å². The van der Waals surface area contributed by atoms with E-state index >= 15 is 0 Å². The summed E-state index contributed by atoms with van der Waals surface area (Å²) in [5, 5.41) is 14.5. The third-order valence-electron chi connectivity index (χ3n) is 18.1. The van der Waals surface area contributed by atoms with Crippen molar-refractivity contribution in [1.29, 1.82) is 0 Å². The second kappa shape index (κ2) is 34.2. The van der Waals surface area contributed by atoms with Crippen molar-refractivity contribution in [1.82, 2.24) is 14.9 Å². The Labute approximate surface area is 607 Å². The summed E-state index contributed by atoms with van der Waals surface area (Å²) in [6.45, 7) is 7.04. The van der Waals surface area contributed by atoms with Crippen LogP contribution in [0, 0.1) is 5.92 Å². The van der Waals surface area contributed by atoms with Crippen molar-refractivity contribution in [2.75, 3.05) is 55.8 Å². The average Bonchev–Trinajstić information content (AvgIpc) is 1.59. The van der Waals surface area contributed by atoms with Gasteiger partial charge in [-0.1, -0.05) is 63.5 Å². The van der Waals surface area contributed by atoms with Crippen molar-refractivity contribution in [2.45, 2.75) is 162 Å². The number of aliphatic hydroxyl groups is 1. The first-order chi connectivity index (χ1) is 48.8. The van der Waals surface area contributed by atoms with Crippen molar-refractivity contribution < 1.29 is 122 Å². The number of carbonyl (C=O) groups is 2. The van der Waals surface area contributed by atoms with Gasteiger partial charge in [-0.2, -0.15) is 51.9 Å². The number of anilines is 2. The molecular formula is C64H87N7O27P3S4+. The Morgan fingerprint density at radius 1 is 0.743 bits per heavy atom. The maximum absolute atomic E-state index is 13.6. The van der Waals surface area contributed by atoms with Gasteiger partial charge in [-0.05, 0) is 136 Å². The summed E-state index contributed by atoms with van der Waals surface area (Å²) in [7, 11) is -35.8. The second-order valence-electron chi connectivity index (χ2n) is 26.5. The molecule has 4 heterocycles. The van der Waals surface area contributed by atoms with Crippen LogP contribution in [-0.2, 0) is 97.0 Å². The summed E-state index contributed by atoms with van der Waals surface area (Å²) >= 11 is 0. The molecule has 1 fully saturated rings. The minimum Gasteiger partial charge on any atom is -0.390 e. The molecule has 1 amide bonds. The summed E-state index contributed by atoms with van der Waals surface area (Å²) in [5.41, 5.74) is 12.2. The van der Waals surface area contributed by atoms with Crippen LogP contribution in [0.2, 0.25) is 0 Å². The van der Waals surface area contributed by atoms with Crippen LogP contribution in [0.5, 0.6) is 0 Å². The highest BCUT2D eigenvalue weighted by molar-refractivity contribution is 7.87. The summed E-state index contributed by atoms with van der Waals surface area (Å²) in [6, 6.07) is 14.0. The molecule has 34 nitrogen and oxygen atoms in total. The Hall–Kier alpha value is -6.16. The number of rotatable bonds is 39. The molecule has 0 aliphatic carbocycles. The smallest absolute Gasteiger partial charge is 0.390 e. The van der Waals surface area contributed by atoms with Crippen molar-refractivity contribution in [3.8, 4) is 0 Å². The van der Waals surface area contributed by atoms with Gasteiger partial charge in [0.25, 0.3) is 40.5 Å². The standard InChI is InChI=1S/C64H86N7O27P3S4/c1-63(2)55(70(32-17-35-102(82,83)84)50-26-23-42-22-24-45(103(85,86)87)37-48(42)59(50)63)20-10-7-11-21-56-64(3,4)60-49-38-46(104(88,89)90)39-54(105(91,92)93)47(49)25-27-51(60)69(56)31-15-8-9-19-44(72)36-43(18-12-13-29-65)61(74)67-30-14-5-6-16-34-94-99(76,77)97-101(80,81)98-100(78,79)95-41-53-52(73)40-58(96-53)71-33-28-57(66)68-62(71)75/h7,10-11,20-28,33,37-39,43,52-53,58,73H,5-6,8-9,12-19,29-32,34-36,40-41,65H2,1-4H3,(H9-,66,67,68,74,75,76,77,78,79,80,81,82,83,84,85,86,87,88,89,90,91,92,93)/p+1/t43?,52-,53-,58-/m1/s1. The highest BCUT2D eigenvalue weighted by atomic mass is 32.2. The van der Waals surface area contributed by atoms with Crippen LogP contribution in [0.3, 0.4) is 0 Å². The number of phosphoric acid groups is 3. The van der Waals surface area contributed by atoms with Crippen LogP contribution in [0.25, 0.3) is 21.5 Å². The van der Waals surface area contributed by atoms with E-state index in [0.29, 0.717) is 122 Å². The molecule has 1 saturated heterocycles. The van der Waals surface area contributed by atoms with Gasteiger partial charge < -0.3 is 46.2 Å². The van der Waals surface area contributed by atoms with Gasteiger partial charge in [-0.25, -0.2) is 18.5 Å². The maximum atomic E-state index is 13.6. The molecule has 0 bridgehead atoms. The number of ether oxygens (including phenoxy) is 1. The average molecular weight is 1610 g/mol. The number of unbranched alkanes of at least 4 members (excludes halogenated alkanes) is 6. The number of allylic oxidation sites excluding steroid dienone is 6. The molecule has 4 unspecified atom stereocenters. The summed E-state index contributed by atoms with van der Waals surface area (Å²) in [6.07, 6.45) is 10.4. The van der Waals surface area contributed by atoms with Crippen molar-refractivity contribution in [2.24, 2.45) is 11.7 Å². The van der Waals surface area contributed by atoms with Gasteiger partial charge in [-0.3, -0.25) is 41.4 Å². The number of fused-ring (bicyclic) bond motifs is 6. The van der Waals surface area contributed by atoms with E-state index in [4.69, 9.17) is 20.7 Å². The van der Waals surface area contributed by atoms with Crippen LogP contribution < -0.4 is 27.4 Å². The molecule has 3 aliphatic rings. The van der Waals surface area contributed by atoms with Gasteiger partial charge >= 0.3 is 29.2 Å². The first kappa shape index (κ1) is 84.5. The third kappa shape index (κ3) is 22.1. The van der Waals surface area contributed by atoms with Crippen molar-refractivity contribution in [3.05, 3.63) is 125 Å². The molecular weight excluding hydrogens is 1520 g/mol. The number of aromatic nitrogens is 2. The summed E-state index contributed by atoms with van der Waals surface area (Å²) in [4.78, 5) is 73.1. The number of benzene rings is 4. The molecule has 13 N–H and O–H groups in total. The lowest BCUT2D eigenvalue weighted by Crippen LogP contribution is -2.33. The van der Waals surface area contributed by atoms with Crippen LogP contribution in [0.15, 0.2) is 122 Å². The number of hydrogen-bond donors (Lipinski definition) is 11. The Bertz CT molecular complexity index is 4950. The molecule has 4 aromatic carbocycles. The van der Waals surface area contributed by atoms with E-state index in [1.807, 2.05) is 43.2 Å². The number of aliphatic hydroxyl groups excluding tert-OH is 1. The molecule has 578 valence electrons. The van der Waals surface area contributed by atoms with Gasteiger partial charge in [-0.15, -0.1) is 0 Å². The largest absolute Gasteiger partial charge is 0.490 e. The molecule has 5 aromatic rings. The van der Waals surface area contributed by atoms with E-state index in [1.54, 1.807) is 48.6 Å². The Kier molecular flexibility index (Phi) is 27.5. The molecule has 8 rings (SSSR count). The van der Waals surface area contributed by atoms with E-state index in [-0.39, 0.29) is 78.4 Å². The lowest BCUT2D eigenvalue weighted by atomic mass is 9.79. The van der Waals surface area contributed by atoms with Gasteiger partial charge in [0, 0.05) is 90.8 Å². The maximum Gasteiger partial charge on any atom is 0.490 e. The molecule has 105 heavy (non-hydrogen) atoms. The fraction of sp³-hybridized carbons (Fsp3) is 0.484. The number of nitrogen functional groups attached to an aromatic ring is 1. The molecule has 7 atom stereocenters. The van der Waals surface area contributed by atoms with Gasteiger partial charge in [0.05, 0.1) is 40.3 Å². The number of phosphoric ester groups is 2. The van der Waals surface area contributed by atoms with E-state index in [0.717, 1.165) is 10.6 Å². The van der Waals surface area contributed by atoms with E-state index < -0.39 is 134 Å². The zero-order valence-corrected chi connectivity index (χ0v) is 63.6. The Morgan fingerprint density at radius 3 is 2.08 bits per heavy atom. The van der Waals surface area contributed by atoms with Gasteiger partial charge in [0.1, 0.15) is 35.4 Å². The lowest BCUT2D eigenvalue weighted by Gasteiger charge is -2.27. The minimum atomic E-state index is -5.84. The monoisotopic (exact) mass is 1610 g/mol. The number of ketones is 1. The zero-order chi connectivity index (χ0) is 77.5. The number of Topliss-reactive ketones (excluding diaryl/α,β-unsaturated/α-hetero) is 1. The van der Waals surface area contributed by atoms with E-state index in [2.05, 4.69) is 23.4 Å². The molecule has 0 radical (unpaired) electrons. The topological polar surface area (TPSA) is 535 Å². The zero-order valence-electron chi connectivity index (χ0n) is 57.6. The molecule has 0 spiro atoms. The summed E-state index contributed by atoms with van der Waals surface area (Å²) in [5.74, 6) is -1.82. The fourth-order valence-corrected chi connectivity index (χ4v) is 19.2. The first-order valence-corrected chi connectivity index (χ1v) is 43.7. The Morgan fingerprint density at radius 2 is 1.41 bits per heavy atom. The summed E-state index contributed by atoms with van der Waals surface area (Å²) < 4.78 is 203. The number of amides is 1. The van der Waals surface area contributed by atoms with E-state index in [1.165, 1.54) is 30.5 Å². The molecule has 41 heteroatoms. The second-order valence-corrected chi connectivity index (χ2v) is 37.0. The normalized spacial score (nSPS) is 20.1. The van der Waals surface area contributed by atoms with E-state index in [9.17, 15) is 99.7 Å². The molecule has 1 aromatic heterocycles. The predicted octanol–water partition coefficient (Wildman–Crippen LogP) is 7.98. The number of nitrogens with zero attached hydrogens (tertiary/aromatic N) is 4. The van der Waals surface area contributed by atoms with Crippen LogP contribution >= 0.6 is 23.5 Å². The van der Waals surface area contributed by atoms with Crippen molar-refractivity contribution >= 4 is 120 Å². The predicted molar refractivity (Wildman–Crippen MR) is 385 cm³/mol. The fourth-order valence-electron chi connectivity index (χ4n) is 13.3. The lowest BCUT2D eigenvalue weighted by molar-refractivity contribution is -0.438. The quantitative estimate of drug-likeness (QED) is 0.00583. The SMILES string of the molecule is CC1(C)C(=CC=CC=CC2=[N+](CCCCCC(=O)CC(CCCCN)C(=O)NCCCCCCOP(=O)(O)OP(=O)(O)OP(=O)(O)OC[C@H]3O[C@@H](n4ccc(N)nc4=O)C[C@H]3O)c3ccc4c(S(=O)(=O)O)cc(S(=O)(=O)O)cc4c3C2(C)C)N(CCCS(=O)(=O)O)c2ccc3ccc(S(=O)(=O)O)cc3c21. The highest BCUT2D eigenvalue weighted by Crippen LogP contribution is 2.68. The van der Waals surface area contributed by atoms with Gasteiger partial charge in [0.15, 0.2) is 5.71 Å². The van der Waals surface area contributed by atoms with Crippen LogP contribution in [0.4, 0.5) is 17.2 Å². The number of nitrogens with two attached hydrogens (primary N) is 2. The first-order valence-electron chi connectivity index (χ1n) is 33.3. The third-order valence-corrected chi connectivity index (χ3v) is 25.8. The number of hydrogen-bond acceptors (Lipinski definition) is 24. The van der Waals surface area contributed by atoms with Crippen LogP contribution in [0.1, 0.15) is 135 Å². The molecule has 3 aliphatic heterocycles. The number of carbonyl (C=O) groups excluding carboxylic acids is 2. The van der Waals surface area contributed by atoms with Crippen molar-refractivity contribution in [3.63, 3.8) is 0 Å². The highest BCUT2D eigenvalue weighted by Gasteiger charge is 2.48.